The van der Waals surface area contributed by atoms with E-state index in [1.807, 2.05) is 0 Å². The van der Waals surface area contributed by atoms with E-state index >= 15 is 0 Å². The lowest BCUT2D eigenvalue weighted by Gasteiger charge is -2.01. The summed E-state index contributed by atoms with van der Waals surface area (Å²) >= 11 is 11.9. The molecule has 6 heteroatoms. The van der Waals surface area contributed by atoms with Gasteiger partial charge in [0, 0.05) is 5.56 Å². The maximum atomic E-state index is 12.3. The van der Waals surface area contributed by atoms with Gasteiger partial charge in [0.1, 0.15) is 17.3 Å². The minimum Gasteiger partial charge on any atom is -0.467 e. The van der Waals surface area contributed by atoms with Gasteiger partial charge in [-0.15, -0.1) is 0 Å². The Kier molecular flexibility index (Phi) is 4.46. The quantitative estimate of drug-likeness (QED) is 0.713. The second kappa shape index (κ2) is 6.52. The first kappa shape index (κ1) is 15.7. The van der Waals surface area contributed by atoms with E-state index in [0.717, 1.165) is 5.56 Å². The second-order valence-corrected chi connectivity index (χ2v) is 5.79. The first-order chi connectivity index (χ1) is 11.0. The summed E-state index contributed by atoms with van der Waals surface area (Å²) in [6.45, 7) is 2.06. The average Bonchev–Trinajstić information content (AvgIpc) is 3.17. The van der Waals surface area contributed by atoms with Gasteiger partial charge in [-0.05, 0) is 43.3 Å². The minimum atomic E-state index is -0.228. The number of carbonyl (C=O) groups is 1. The summed E-state index contributed by atoms with van der Waals surface area (Å²) in [5.41, 5.74) is 1.23. The molecule has 4 nitrogen and oxygen atoms in total. The van der Waals surface area contributed by atoms with Gasteiger partial charge in [0.25, 0.3) is 5.91 Å². The second-order valence-electron chi connectivity index (χ2n) is 4.97. The smallest absolute Gasteiger partial charge is 0.255 e. The Hall–Kier alpha value is -2.17. The first-order valence-corrected chi connectivity index (χ1v) is 7.66. The van der Waals surface area contributed by atoms with E-state index in [9.17, 15) is 4.79 Å². The zero-order chi connectivity index (χ0) is 16.4. The van der Waals surface area contributed by atoms with Crippen molar-refractivity contribution >= 4 is 29.1 Å². The molecule has 1 aromatic carbocycles. The molecule has 118 valence electrons. The first-order valence-electron chi connectivity index (χ1n) is 6.91. The van der Waals surface area contributed by atoms with Crippen LogP contribution in [0.15, 0.2) is 51.5 Å². The molecule has 2 aromatic heterocycles. The summed E-state index contributed by atoms with van der Waals surface area (Å²) in [6.07, 6.45) is 1.56. The molecular weight excluding hydrogens is 337 g/mol. The van der Waals surface area contributed by atoms with Crippen molar-refractivity contribution in [1.82, 2.24) is 5.32 Å². The van der Waals surface area contributed by atoms with Gasteiger partial charge < -0.3 is 14.2 Å². The highest BCUT2D eigenvalue weighted by Crippen LogP contribution is 2.31. The van der Waals surface area contributed by atoms with E-state index in [1.165, 1.54) is 0 Å². The van der Waals surface area contributed by atoms with Crippen LogP contribution in [0.1, 0.15) is 21.9 Å². The Morgan fingerprint density at radius 1 is 1.17 bits per heavy atom. The fraction of sp³-hybridized carbons (Fsp3) is 0.118. The number of rotatable bonds is 4. The molecule has 2 heterocycles. The van der Waals surface area contributed by atoms with Crippen LogP contribution in [-0.2, 0) is 6.54 Å². The van der Waals surface area contributed by atoms with E-state index < -0.39 is 0 Å². The molecule has 3 rings (SSSR count). The summed E-state index contributed by atoms with van der Waals surface area (Å²) in [5, 5.41) is 3.69. The van der Waals surface area contributed by atoms with Gasteiger partial charge in [0.15, 0.2) is 0 Å². The fourth-order valence-corrected chi connectivity index (χ4v) is 2.47. The van der Waals surface area contributed by atoms with Gasteiger partial charge in [0.2, 0.25) is 0 Å². The number of hydrogen-bond donors (Lipinski definition) is 1. The summed E-state index contributed by atoms with van der Waals surface area (Å²) < 4.78 is 10.9. The van der Waals surface area contributed by atoms with Crippen LogP contribution in [0, 0.1) is 6.92 Å². The average molecular weight is 350 g/mol. The third kappa shape index (κ3) is 3.44. The van der Waals surface area contributed by atoms with Gasteiger partial charge in [-0.1, -0.05) is 23.2 Å². The van der Waals surface area contributed by atoms with Gasteiger partial charge in [-0.25, -0.2) is 0 Å². The fourth-order valence-electron chi connectivity index (χ4n) is 2.17. The number of halogens is 2. The van der Waals surface area contributed by atoms with Crippen molar-refractivity contribution in [2.75, 3.05) is 0 Å². The van der Waals surface area contributed by atoms with Crippen molar-refractivity contribution in [3.05, 3.63) is 69.8 Å². The van der Waals surface area contributed by atoms with Gasteiger partial charge in [0.05, 0.1) is 28.4 Å². The van der Waals surface area contributed by atoms with E-state index in [2.05, 4.69) is 5.32 Å². The van der Waals surface area contributed by atoms with Crippen molar-refractivity contribution in [2.45, 2.75) is 13.5 Å². The molecule has 0 atom stereocenters. The van der Waals surface area contributed by atoms with Crippen molar-refractivity contribution < 1.29 is 13.6 Å². The van der Waals surface area contributed by atoms with E-state index in [-0.39, 0.29) is 5.91 Å². The van der Waals surface area contributed by atoms with Gasteiger partial charge >= 0.3 is 0 Å². The van der Waals surface area contributed by atoms with Crippen LogP contribution in [0.3, 0.4) is 0 Å². The molecule has 3 aromatic rings. The molecule has 1 amide bonds. The molecule has 0 spiro atoms. The number of nitrogens with one attached hydrogen (secondary N) is 1. The van der Waals surface area contributed by atoms with Crippen LogP contribution >= 0.6 is 23.2 Å². The van der Waals surface area contributed by atoms with E-state index in [0.29, 0.717) is 39.4 Å². The molecule has 0 fully saturated rings. The summed E-state index contributed by atoms with van der Waals surface area (Å²) in [7, 11) is 0. The molecule has 0 bridgehead atoms. The van der Waals surface area contributed by atoms with Crippen molar-refractivity contribution in [1.29, 1.82) is 0 Å². The van der Waals surface area contributed by atoms with Crippen LogP contribution in [0.4, 0.5) is 0 Å². The standard InChI is InChI=1S/C17H13Cl2NO3/c1-10-13(17(21)20-9-12-3-2-6-22-12)8-16(23-10)11-4-5-14(18)15(19)7-11/h2-8H,9H2,1H3,(H,20,21). The summed E-state index contributed by atoms with van der Waals surface area (Å²) in [5.74, 6) is 1.55. The van der Waals surface area contributed by atoms with Crippen molar-refractivity contribution in [2.24, 2.45) is 0 Å². The normalized spacial score (nSPS) is 10.7. The highest BCUT2D eigenvalue weighted by Gasteiger charge is 2.16. The Balaban J connectivity index is 1.79. The zero-order valence-electron chi connectivity index (χ0n) is 12.2. The van der Waals surface area contributed by atoms with Crippen LogP contribution in [0.5, 0.6) is 0 Å². The molecular formula is C17H13Cl2NO3. The molecule has 23 heavy (non-hydrogen) atoms. The lowest BCUT2D eigenvalue weighted by atomic mass is 10.1. The van der Waals surface area contributed by atoms with Crippen LogP contribution in [-0.4, -0.2) is 5.91 Å². The molecule has 0 aliphatic carbocycles. The number of amides is 1. The number of furan rings is 2. The number of benzene rings is 1. The maximum absolute atomic E-state index is 12.3. The van der Waals surface area contributed by atoms with Crippen LogP contribution in [0.2, 0.25) is 10.0 Å². The van der Waals surface area contributed by atoms with Crippen LogP contribution in [0.25, 0.3) is 11.3 Å². The van der Waals surface area contributed by atoms with Gasteiger partial charge in [-0.2, -0.15) is 0 Å². The Morgan fingerprint density at radius 2 is 2.00 bits per heavy atom. The highest BCUT2D eigenvalue weighted by atomic mass is 35.5. The Morgan fingerprint density at radius 3 is 2.70 bits per heavy atom. The topological polar surface area (TPSA) is 55.4 Å². The third-order valence-corrected chi connectivity index (χ3v) is 4.11. The van der Waals surface area contributed by atoms with Crippen LogP contribution < -0.4 is 5.32 Å². The molecule has 0 saturated carbocycles. The van der Waals surface area contributed by atoms with E-state index in [4.69, 9.17) is 32.0 Å². The number of carbonyl (C=O) groups excluding carboxylic acids is 1. The largest absolute Gasteiger partial charge is 0.467 e. The molecule has 0 aliphatic rings. The molecule has 0 saturated heterocycles. The number of hydrogen-bond acceptors (Lipinski definition) is 3. The molecule has 1 N–H and O–H groups in total. The lowest BCUT2D eigenvalue weighted by Crippen LogP contribution is -2.22. The Bertz CT molecular complexity index is 838. The van der Waals surface area contributed by atoms with Gasteiger partial charge in [-0.3, -0.25) is 4.79 Å². The zero-order valence-corrected chi connectivity index (χ0v) is 13.7. The lowest BCUT2D eigenvalue weighted by molar-refractivity contribution is 0.0946. The SMILES string of the molecule is Cc1oc(-c2ccc(Cl)c(Cl)c2)cc1C(=O)NCc1ccco1. The van der Waals surface area contributed by atoms with Crippen molar-refractivity contribution in [3.8, 4) is 11.3 Å². The monoisotopic (exact) mass is 349 g/mol. The molecule has 0 aliphatic heterocycles. The maximum Gasteiger partial charge on any atom is 0.255 e. The number of aryl methyl sites for hydroxylation is 1. The molecule has 0 unspecified atom stereocenters. The summed E-state index contributed by atoms with van der Waals surface area (Å²) in [4.78, 5) is 12.3. The van der Waals surface area contributed by atoms with Crippen molar-refractivity contribution in [3.63, 3.8) is 0 Å². The Labute approximate surface area is 143 Å². The summed E-state index contributed by atoms with van der Waals surface area (Å²) in [6, 6.07) is 10.4. The predicted octanol–water partition coefficient (Wildman–Crippen LogP) is 5.08. The molecule has 0 radical (unpaired) electrons. The third-order valence-electron chi connectivity index (χ3n) is 3.37. The predicted molar refractivity (Wildman–Crippen MR) is 88.8 cm³/mol. The highest BCUT2D eigenvalue weighted by molar-refractivity contribution is 6.42. The van der Waals surface area contributed by atoms with E-state index in [1.54, 1.807) is 49.6 Å². The minimum absolute atomic E-state index is 0.228.